The van der Waals surface area contributed by atoms with Crippen LogP contribution in [0.1, 0.15) is 13.8 Å². The molecule has 0 aliphatic heterocycles. The van der Waals surface area contributed by atoms with Crippen LogP contribution < -0.4 is 19.5 Å². The Balaban J connectivity index is 3.00. The molecule has 0 aliphatic carbocycles. The number of sulfonamides is 1. The van der Waals surface area contributed by atoms with E-state index in [0.29, 0.717) is 0 Å². The number of ether oxygens (including phenoxy) is 2. The summed E-state index contributed by atoms with van der Waals surface area (Å²) in [5.74, 6) is -1.39. The predicted molar refractivity (Wildman–Crippen MR) is 78.0 cm³/mol. The lowest BCUT2D eigenvalue weighted by Gasteiger charge is -2.13. The highest BCUT2D eigenvalue weighted by molar-refractivity contribution is 7.89. The van der Waals surface area contributed by atoms with Crippen LogP contribution in [-0.4, -0.2) is 41.1 Å². The number of carbonyl (C=O) groups is 1. The summed E-state index contributed by atoms with van der Waals surface area (Å²) in [6.07, 6.45) is 0. The van der Waals surface area contributed by atoms with Crippen LogP contribution in [0.2, 0.25) is 0 Å². The Morgan fingerprint density at radius 2 is 1.77 bits per heavy atom. The van der Waals surface area contributed by atoms with Gasteiger partial charge in [-0.15, -0.1) is 0 Å². The smallest absolute Gasteiger partial charge is 0.244 e. The van der Waals surface area contributed by atoms with E-state index in [4.69, 9.17) is 9.47 Å². The Morgan fingerprint density at radius 1 is 1.23 bits per heavy atom. The summed E-state index contributed by atoms with van der Waals surface area (Å²) >= 11 is 0. The van der Waals surface area contributed by atoms with Gasteiger partial charge in [-0.05, 0) is 13.8 Å². The molecule has 1 aromatic rings. The van der Waals surface area contributed by atoms with Crippen molar-refractivity contribution in [2.24, 2.45) is 0 Å². The van der Waals surface area contributed by atoms with Gasteiger partial charge in [-0.25, -0.2) is 17.5 Å². The molecule has 0 heterocycles. The molecule has 9 heteroatoms. The van der Waals surface area contributed by atoms with E-state index >= 15 is 0 Å². The SMILES string of the molecule is COc1cc(F)c(S(=O)(=O)NCC(=O)NC(C)C)cc1OC. The quantitative estimate of drug-likeness (QED) is 0.763. The zero-order chi connectivity index (χ0) is 16.9. The molecule has 7 nitrogen and oxygen atoms in total. The van der Waals surface area contributed by atoms with E-state index in [1.807, 2.05) is 4.72 Å². The van der Waals surface area contributed by atoms with Crippen molar-refractivity contribution in [3.05, 3.63) is 17.9 Å². The molecular weight excluding hydrogens is 315 g/mol. The van der Waals surface area contributed by atoms with E-state index in [-0.39, 0.29) is 17.5 Å². The molecule has 1 aromatic carbocycles. The molecule has 0 atom stereocenters. The third-order valence-corrected chi connectivity index (χ3v) is 4.02. The molecule has 124 valence electrons. The molecule has 1 rings (SSSR count). The first-order valence-corrected chi connectivity index (χ1v) is 7.90. The molecule has 22 heavy (non-hydrogen) atoms. The topological polar surface area (TPSA) is 93.7 Å². The van der Waals surface area contributed by atoms with E-state index in [2.05, 4.69) is 5.32 Å². The van der Waals surface area contributed by atoms with Gasteiger partial charge < -0.3 is 14.8 Å². The van der Waals surface area contributed by atoms with Gasteiger partial charge in [0, 0.05) is 18.2 Å². The number of carbonyl (C=O) groups excluding carboxylic acids is 1. The zero-order valence-corrected chi connectivity index (χ0v) is 13.6. The molecule has 0 saturated heterocycles. The minimum atomic E-state index is -4.20. The largest absolute Gasteiger partial charge is 0.493 e. The highest BCUT2D eigenvalue weighted by atomic mass is 32.2. The molecule has 0 bridgehead atoms. The third kappa shape index (κ3) is 4.57. The zero-order valence-electron chi connectivity index (χ0n) is 12.8. The summed E-state index contributed by atoms with van der Waals surface area (Å²) in [5, 5.41) is 2.52. The molecule has 0 unspecified atom stereocenters. The van der Waals surface area contributed by atoms with E-state index in [1.54, 1.807) is 13.8 Å². The first-order chi connectivity index (χ1) is 10.2. The van der Waals surface area contributed by atoms with Crippen LogP contribution in [0.5, 0.6) is 11.5 Å². The maximum Gasteiger partial charge on any atom is 0.244 e. The maximum atomic E-state index is 13.9. The highest BCUT2D eigenvalue weighted by Crippen LogP contribution is 2.31. The molecular formula is C13H19FN2O5S. The van der Waals surface area contributed by atoms with E-state index < -0.39 is 33.2 Å². The average Bonchev–Trinajstić information content (AvgIpc) is 2.44. The van der Waals surface area contributed by atoms with Gasteiger partial charge in [-0.3, -0.25) is 4.79 Å². The van der Waals surface area contributed by atoms with Crippen LogP contribution in [0.4, 0.5) is 4.39 Å². The van der Waals surface area contributed by atoms with Crippen molar-refractivity contribution in [2.45, 2.75) is 24.8 Å². The standard InChI is InChI=1S/C13H19FN2O5S/c1-8(2)16-13(17)7-15-22(18,19)12-6-11(21-4)10(20-3)5-9(12)14/h5-6,8,15H,7H2,1-4H3,(H,16,17). The second-order valence-electron chi connectivity index (χ2n) is 4.68. The number of hydrogen-bond donors (Lipinski definition) is 2. The van der Waals surface area contributed by atoms with Crippen molar-refractivity contribution >= 4 is 15.9 Å². The fraction of sp³-hybridized carbons (Fsp3) is 0.462. The average molecular weight is 334 g/mol. The van der Waals surface area contributed by atoms with Gasteiger partial charge in [0.05, 0.1) is 20.8 Å². The highest BCUT2D eigenvalue weighted by Gasteiger charge is 2.23. The number of benzene rings is 1. The lowest BCUT2D eigenvalue weighted by Crippen LogP contribution is -2.39. The van der Waals surface area contributed by atoms with Crippen LogP contribution in [0, 0.1) is 5.82 Å². The summed E-state index contributed by atoms with van der Waals surface area (Å²) in [6, 6.07) is 1.77. The Morgan fingerprint density at radius 3 is 2.27 bits per heavy atom. The summed E-state index contributed by atoms with van der Waals surface area (Å²) in [5.41, 5.74) is 0. The third-order valence-electron chi connectivity index (χ3n) is 2.60. The predicted octanol–water partition coefficient (Wildman–Crippen LogP) is 0.646. The monoisotopic (exact) mass is 334 g/mol. The summed E-state index contributed by atoms with van der Waals surface area (Å²) < 4.78 is 50.0. The van der Waals surface area contributed by atoms with Crippen LogP contribution in [-0.2, 0) is 14.8 Å². The van der Waals surface area contributed by atoms with Gasteiger partial charge in [0.2, 0.25) is 15.9 Å². The Kier molecular flexibility index (Phi) is 6.12. The van der Waals surface area contributed by atoms with Crippen molar-refractivity contribution in [2.75, 3.05) is 20.8 Å². The van der Waals surface area contributed by atoms with Gasteiger partial charge in [-0.2, -0.15) is 0 Å². The number of nitrogens with one attached hydrogen (secondary N) is 2. The molecule has 0 saturated carbocycles. The minimum absolute atomic E-state index is 0.0657. The maximum absolute atomic E-state index is 13.9. The van der Waals surface area contributed by atoms with Gasteiger partial charge in [-0.1, -0.05) is 0 Å². The van der Waals surface area contributed by atoms with E-state index in [1.165, 1.54) is 14.2 Å². The second-order valence-corrected chi connectivity index (χ2v) is 6.42. The molecule has 2 N–H and O–H groups in total. The van der Waals surface area contributed by atoms with Crippen LogP contribution >= 0.6 is 0 Å². The van der Waals surface area contributed by atoms with Crippen molar-refractivity contribution in [3.8, 4) is 11.5 Å². The number of methoxy groups -OCH3 is 2. The summed E-state index contributed by atoms with van der Waals surface area (Å²) in [4.78, 5) is 10.8. The second kappa shape index (κ2) is 7.41. The molecule has 1 amide bonds. The normalized spacial score (nSPS) is 11.4. The van der Waals surface area contributed by atoms with Gasteiger partial charge >= 0.3 is 0 Å². The number of rotatable bonds is 7. The van der Waals surface area contributed by atoms with Gasteiger partial charge in [0.15, 0.2) is 11.5 Å². The van der Waals surface area contributed by atoms with Crippen LogP contribution in [0.15, 0.2) is 17.0 Å². The Bertz CT molecular complexity index is 646. The summed E-state index contributed by atoms with van der Waals surface area (Å²) in [6.45, 7) is 2.98. The van der Waals surface area contributed by atoms with E-state index in [0.717, 1.165) is 12.1 Å². The van der Waals surface area contributed by atoms with Crippen LogP contribution in [0.25, 0.3) is 0 Å². The van der Waals surface area contributed by atoms with Crippen LogP contribution in [0.3, 0.4) is 0 Å². The first-order valence-electron chi connectivity index (χ1n) is 6.41. The Hall–Kier alpha value is -1.87. The first kappa shape index (κ1) is 18.2. The molecule has 0 aliphatic rings. The van der Waals surface area contributed by atoms with Gasteiger partial charge in [0.25, 0.3) is 0 Å². The minimum Gasteiger partial charge on any atom is -0.493 e. The van der Waals surface area contributed by atoms with E-state index in [9.17, 15) is 17.6 Å². The lowest BCUT2D eigenvalue weighted by molar-refractivity contribution is -0.120. The number of hydrogen-bond acceptors (Lipinski definition) is 5. The number of amides is 1. The van der Waals surface area contributed by atoms with Crippen molar-refractivity contribution < 1.29 is 27.1 Å². The Labute approximate surface area is 128 Å². The van der Waals surface area contributed by atoms with Crippen molar-refractivity contribution in [3.63, 3.8) is 0 Å². The van der Waals surface area contributed by atoms with Crippen molar-refractivity contribution in [1.29, 1.82) is 0 Å². The summed E-state index contributed by atoms with van der Waals surface area (Å²) in [7, 11) is -1.59. The molecule has 0 spiro atoms. The molecule has 0 radical (unpaired) electrons. The molecule has 0 fully saturated rings. The fourth-order valence-corrected chi connectivity index (χ4v) is 2.71. The van der Waals surface area contributed by atoms with Gasteiger partial charge in [0.1, 0.15) is 10.7 Å². The lowest BCUT2D eigenvalue weighted by atomic mass is 10.3. The fourth-order valence-electron chi connectivity index (χ4n) is 1.65. The number of halogens is 1. The molecule has 0 aromatic heterocycles. The van der Waals surface area contributed by atoms with Crippen molar-refractivity contribution in [1.82, 2.24) is 10.0 Å².